The second-order valence-electron chi connectivity index (χ2n) is 5.60. The van der Waals surface area contributed by atoms with Crippen LogP contribution in [0.4, 0.5) is 0 Å². The lowest BCUT2D eigenvalue weighted by Gasteiger charge is -2.13. The fourth-order valence-electron chi connectivity index (χ4n) is 2.96. The van der Waals surface area contributed by atoms with Gasteiger partial charge in [0, 0.05) is 12.3 Å². The summed E-state index contributed by atoms with van der Waals surface area (Å²) in [5, 5.41) is 0.551. The topological polar surface area (TPSA) is 25.8 Å². The summed E-state index contributed by atoms with van der Waals surface area (Å²) in [6, 6.07) is 10.4. The van der Waals surface area contributed by atoms with Crippen LogP contribution in [0.15, 0.2) is 34.8 Å². The zero-order chi connectivity index (χ0) is 14.7. The zero-order valence-electron chi connectivity index (χ0n) is 11.9. The Balaban J connectivity index is 1.79. The highest BCUT2D eigenvalue weighted by Crippen LogP contribution is 2.38. The summed E-state index contributed by atoms with van der Waals surface area (Å²) >= 11 is 9.84. The molecule has 2 aromatic rings. The van der Waals surface area contributed by atoms with E-state index in [1.807, 2.05) is 6.07 Å². The molecule has 3 rings (SSSR count). The van der Waals surface area contributed by atoms with E-state index in [-0.39, 0.29) is 0 Å². The van der Waals surface area contributed by atoms with Gasteiger partial charge in [-0.3, -0.25) is 0 Å². The zero-order valence-corrected chi connectivity index (χ0v) is 14.2. The number of aromatic nitrogens is 2. The van der Waals surface area contributed by atoms with Gasteiger partial charge in [-0.1, -0.05) is 54.8 Å². The van der Waals surface area contributed by atoms with Crippen molar-refractivity contribution < 1.29 is 0 Å². The van der Waals surface area contributed by atoms with Crippen molar-refractivity contribution in [2.45, 2.75) is 44.4 Å². The summed E-state index contributed by atoms with van der Waals surface area (Å²) in [4.78, 5) is 9.22. The molecule has 1 aliphatic carbocycles. The molecular formula is C17H18BrClN2. The number of benzene rings is 1. The van der Waals surface area contributed by atoms with E-state index in [1.165, 1.54) is 31.2 Å². The Hall–Kier alpha value is -0.930. The molecule has 4 heteroatoms. The van der Waals surface area contributed by atoms with Crippen LogP contribution in [0.3, 0.4) is 0 Å². The predicted molar refractivity (Wildman–Crippen MR) is 89.8 cm³/mol. The second kappa shape index (κ2) is 6.89. The molecule has 0 bridgehead atoms. The molecule has 0 unspecified atom stereocenters. The summed E-state index contributed by atoms with van der Waals surface area (Å²) in [7, 11) is 0. The maximum absolute atomic E-state index is 6.28. The first-order valence-corrected chi connectivity index (χ1v) is 8.67. The summed E-state index contributed by atoms with van der Waals surface area (Å²) in [5.74, 6) is 1.39. The first kappa shape index (κ1) is 15.0. The maximum Gasteiger partial charge on any atom is 0.147 e. The number of hydrogen-bond acceptors (Lipinski definition) is 2. The highest BCUT2D eigenvalue weighted by Gasteiger charge is 2.23. The fourth-order valence-corrected chi connectivity index (χ4v) is 3.66. The Bertz CT molecular complexity index is 610. The van der Waals surface area contributed by atoms with E-state index < -0.39 is 0 Å². The van der Waals surface area contributed by atoms with Crippen molar-refractivity contribution in [3.05, 3.63) is 57.0 Å². The minimum atomic E-state index is 0.537. The van der Waals surface area contributed by atoms with Crippen LogP contribution in [0.5, 0.6) is 0 Å². The highest BCUT2D eigenvalue weighted by atomic mass is 79.9. The van der Waals surface area contributed by atoms with Crippen molar-refractivity contribution in [3.8, 4) is 0 Å². The molecule has 110 valence electrons. The first-order valence-electron chi connectivity index (χ1n) is 7.50. The number of halogens is 2. The van der Waals surface area contributed by atoms with Gasteiger partial charge in [0.1, 0.15) is 11.0 Å². The van der Waals surface area contributed by atoms with Crippen molar-refractivity contribution in [2.75, 3.05) is 0 Å². The Labute approximate surface area is 139 Å². The third kappa shape index (κ3) is 3.64. The molecule has 1 saturated carbocycles. The monoisotopic (exact) mass is 364 g/mol. The van der Waals surface area contributed by atoms with Crippen LogP contribution < -0.4 is 0 Å². The summed E-state index contributed by atoms with van der Waals surface area (Å²) < 4.78 is 0.888. The van der Waals surface area contributed by atoms with Crippen molar-refractivity contribution in [3.63, 3.8) is 0 Å². The van der Waals surface area contributed by atoms with Crippen molar-refractivity contribution >= 4 is 27.5 Å². The van der Waals surface area contributed by atoms with Gasteiger partial charge in [-0.25, -0.2) is 9.97 Å². The molecule has 1 aromatic carbocycles. The molecule has 0 atom stereocenters. The minimum Gasteiger partial charge on any atom is -0.236 e. The van der Waals surface area contributed by atoms with Crippen molar-refractivity contribution in [2.24, 2.45) is 0 Å². The van der Waals surface area contributed by atoms with Gasteiger partial charge in [0.15, 0.2) is 0 Å². The molecule has 0 aliphatic heterocycles. The molecule has 0 saturated heterocycles. The Kier molecular flexibility index (Phi) is 4.91. The lowest BCUT2D eigenvalue weighted by molar-refractivity contribution is 0.676. The van der Waals surface area contributed by atoms with Crippen molar-refractivity contribution in [1.29, 1.82) is 0 Å². The number of aryl methyl sites for hydroxylation is 2. The van der Waals surface area contributed by atoms with Gasteiger partial charge in [0.2, 0.25) is 0 Å². The molecule has 0 radical (unpaired) electrons. The van der Waals surface area contributed by atoms with Gasteiger partial charge in [0.25, 0.3) is 0 Å². The average molecular weight is 366 g/mol. The molecule has 1 aromatic heterocycles. The highest BCUT2D eigenvalue weighted by molar-refractivity contribution is 9.10. The quantitative estimate of drug-likeness (QED) is 0.684. The lowest BCUT2D eigenvalue weighted by atomic mass is 10.0. The lowest BCUT2D eigenvalue weighted by Crippen LogP contribution is -2.06. The Morgan fingerprint density at radius 1 is 1.05 bits per heavy atom. The molecule has 2 nitrogen and oxygen atoms in total. The van der Waals surface area contributed by atoms with E-state index in [0.29, 0.717) is 11.1 Å². The molecule has 1 aliphatic rings. The molecule has 1 heterocycles. The van der Waals surface area contributed by atoms with Gasteiger partial charge in [0.05, 0.1) is 10.2 Å². The van der Waals surface area contributed by atoms with Crippen LogP contribution in [-0.2, 0) is 12.8 Å². The Morgan fingerprint density at radius 2 is 1.76 bits per heavy atom. The SMILES string of the molecule is Clc1nc(CCc2ccccc2)nc(C2CCCC2)c1Br. The summed E-state index contributed by atoms with van der Waals surface area (Å²) in [6.45, 7) is 0. The van der Waals surface area contributed by atoms with Crippen LogP contribution in [-0.4, -0.2) is 9.97 Å². The van der Waals surface area contributed by atoms with Gasteiger partial charge in [-0.15, -0.1) is 0 Å². The average Bonchev–Trinajstić information content (AvgIpc) is 3.03. The van der Waals surface area contributed by atoms with E-state index >= 15 is 0 Å². The van der Waals surface area contributed by atoms with E-state index in [4.69, 9.17) is 16.6 Å². The molecule has 21 heavy (non-hydrogen) atoms. The summed E-state index contributed by atoms with van der Waals surface area (Å²) in [6.07, 6.45) is 6.78. The van der Waals surface area contributed by atoms with Crippen LogP contribution in [0, 0.1) is 0 Å². The molecule has 0 N–H and O–H groups in total. The predicted octanol–water partition coefficient (Wildman–Crippen LogP) is 5.34. The number of hydrogen-bond donors (Lipinski definition) is 0. The van der Waals surface area contributed by atoms with Gasteiger partial charge < -0.3 is 0 Å². The van der Waals surface area contributed by atoms with Crippen LogP contribution in [0.1, 0.15) is 48.7 Å². The summed E-state index contributed by atoms with van der Waals surface area (Å²) in [5.41, 5.74) is 2.41. The largest absolute Gasteiger partial charge is 0.236 e. The molecule has 1 fully saturated rings. The van der Waals surface area contributed by atoms with E-state index in [0.717, 1.165) is 28.8 Å². The smallest absolute Gasteiger partial charge is 0.147 e. The number of nitrogens with zero attached hydrogens (tertiary/aromatic N) is 2. The standard InChI is InChI=1S/C17H18BrClN2/c18-15-16(13-8-4-5-9-13)20-14(21-17(15)19)11-10-12-6-2-1-3-7-12/h1-3,6-7,13H,4-5,8-11H2. The molecule has 0 amide bonds. The van der Waals surface area contributed by atoms with Gasteiger partial charge >= 0.3 is 0 Å². The Morgan fingerprint density at radius 3 is 2.48 bits per heavy atom. The van der Waals surface area contributed by atoms with Crippen molar-refractivity contribution in [1.82, 2.24) is 9.97 Å². The van der Waals surface area contributed by atoms with Gasteiger partial charge in [-0.2, -0.15) is 0 Å². The van der Waals surface area contributed by atoms with Crippen LogP contribution >= 0.6 is 27.5 Å². The fraction of sp³-hybridized carbons (Fsp3) is 0.412. The van der Waals surface area contributed by atoms with Crippen LogP contribution in [0.2, 0.25) is 5.15 Å². The normalized spacial score (nSPS) is 15.5. The van der Waals surface area contributed by atoms with Crippen LogP contribution in [0.25, 0.3) is 0 Å². The number of rotatable bonds is 4. The van der Waals surface area contributed by atoms with Gasteiger partial charge in [-0.05, 0) is 40.8 Å². The first-order chi connectivity index (χ1) is 10.2. The third-order valence-corrected chi connectivity index (χ3v) is 5.39. The third-order valence-electron chi connectivity index (χ3n) is 4.10. The molecular weight excluding hydrogens is 348 g/mol. The van der Waals surface area contributed by atoms with E-state index in [2.05, 4.69) is 45.2 Å². The maximum atomic E-state index is 6.28. The second-order valence-corrected chi connectivity index (χ2v) is 6.75. The minimum absolute atomic E-state index is 0.537. The van der Waals surface area contributed by atoms with E-state index in [1.54, 1.807) is 0 Å². The molecule has 0 spiro atoms. The van der Waals surface area contributed by atoms with E-state index in [9.17, 15) is 0 Å².